The Kier molecular flexibility index (Phi) is 4.74. The lowest BCUT2D eigenvalue weighted by molar-refractivity contribution is 0.0995. The highest BCUT2D eigenvalue weighted by Crippen LogP contribution is 2.31. The van der Waals surface area contributed by atoms with Gasteiger partial charge in [-0.1, -0.05) is 11.6 Å². The van der Waals surface area contributed by atoms with Crippen LogP contribution in [0.2, 0.25) is 5.02 Å². The summed E-state index contributed by atoms with van der Waals surface area (Å²) in [6, 6.07) is 8.91. The lowest BCUT2D eigenvalue weighted by atomic mass is 10.1. The van der Waals surface area contributed by atoms with Crippen molar-refractivity contribution in [3.63, 3.8) is 0 Å². The maximum absolute atomic E-state index is 12.3. The molecule has 0 radical (unpaired) electrons. The SMILES string of the molecule is O=C(Nc1cc(Cl)ccc1N1CCCCC1)c1ccc(Br)o1. The Morgan fingerprint density at radius 3 is 2.64 bits per heavy atom. The average molecular weight is 384 g/mol. The number of rotatable bonds is 3. The van der Waals surface area contributed by atoms with Crippen molar-refractivity contribution in [3.05, 3.63) is 45.8 Å². The summed E-state index contributed by atoms with van der Waals surface area (Å²) in [5.41, 5.74) is 1.72. The minimum absolute atomic E-state index is 0.261. The zero-order valence-corrected chi connectivity index (χ0v) is 14.3. The van der Waals surface area contributed by atoms with Crippen molar-refractivity contribution in [2.45, 2.75) is 19.3 Å². The van der Waals surface area contributed by atoms with Gasteiger partial charge in [0.2, 0.25) is 0 Å². The Labute approximate surface area is 142 Å². The Bertz CT molecular complexity index is 681. The lowest BCUT2D eigenvalue weighted by Gasteiger charge is -2.30. The monoisotopic (exact) mass is 382 g/mol. The molecule has 1 aliphatic rings. The van der Waals surface area contributed by atoms with E-state index in [2.05, 4.69) is 26.1 Å². The predicted molar refractivity (Wildman–Crippen MR) is 91.9 cm³/mol. The van der Waals surface area contributed by atoms with Crippen LogP contribution in [-0.4, -0.2) is 19.0 Å². The average Bonchev–Trinajstić information content (AvgIpc) is 2.95. The number of nitrogens with zero attached hydrogens (tertiary/aromatic N) is 1. The van der Waals surface area contributed by atoms with Gasteiger partial charge in [-0.25, -0.2) is 0 Å². The number of piperidine rings is 1. The largest absolute Gasteiger partial charge is 0.444 e. The highest BCUT2D eigenvalue weighted by atomic mass is 79.9. The summed E-state index contributed by atoms with van der Waals surface area (Å²) in [7, 11) is 0. The third-order valence-corrected chi connectivity index (χ3v) is 4.36. The third-order valence-electron chi connectivity index (χ3n) is 3.70. The molecule has 1 amide bonds. The third kappa shape index (κ3) is 3.47. The molecule has 22 heavy (non-hydrogen) atoms. The van der Waals surface area contributed by atoms with Crippen molar-refractivity contribution >= 4 is 44.8 Å². The zero-order chi connectivity index (χ0) is 15.5. The van der Waals surface area contributed by atoms with Crippen LogP contribution in [0.5, 0.6) is 0 Å². The van der Waals surface area contributed by atoms with E-state index in [-0.39, 0.29) is 11.7 Å². The van der Waals surface area contributed by atoms with E-state index in [0.717, 1.165) is 18.8 Å². The first-order valence-electron chi connectivity index (χ1n) is 7.25. The maximum atomic E-state index is 12.3. The zero-order valence-electron chi connectivity index (χ0n) is 11.9. The molecule has 0 aliphatic carbocycles. The summed E-state index contributed by atoms with van der Waals surface area (Å²) in [5.74, 6) is -0.0253. The molecule has 0 atom stereocenters. The van der Waals surface area contributed by atoms with E-state index in [0.29, 0.717) is 15.4 Å². The second-order valence-corrected chi connectivity index (χ2v) is 6.49. The molecule has 4 nitrogen and oxygen atoms in total. The molecule has 6 heteroatoms. The van der Waals surface area contributed by atoms with E-state index in [1.165, 1.54) is 19.3 Å². The standard InChI is InChI=1S/C16H16BrClN2O2/c17-15-7-6-14(22-15)16(21)19-12-10-11(18)4-5-13(12)20-8-2-1-3-9-20/h4-7,10H,1-3,8-9H2,(H,19,21). The Balaban J connectivity index is 1.85. The van der Waals surface area contributed by atoms with Crippen LogP contribution >= 0.6 is 27.5 Å². The van der Waals surface area contributed by atoms with Crippen LogP contribution in [-0.2, 0) is 0 Å². The van der Waals surface area contributed by atoms with Gasteiger partial charge in [-0.15, -0.1) is 0 Å². The maximum Gasteiger partial charge on any atom is 0.291 e. The normalized spacial score (nSPS) is 14.9. The number of carbonyl (C=O) groups excluding carboxylic acids is 1. The summed E-state index contributed by atoms with van der Waals surface area (Å²) >= 11 is 9.29. The molecule has 1 aromatic heterocycles. The van der Waals surface area contributed by atoms with E-state index in [9.17, 15) is 4.79 Å². The van der Waals surface area contributed by atoms with Gasteiger partial charge in [0.1, 0.15) is 0 Å². The first kappa shape index (κ1) is 15.4. The number of nitrogens with one attached hydrogen (secondary N) is 1. The van der Waals surface area contributed by atoms with Gasteiger partial charge in [-0.2, -0.15) is 0 Å². The summed E-state index contributed by atoms with van der Waals surface area (Å²) in [4.78, 5) is 14.6. The van der Waals surface area contributed by atoms with Crippen molar-refractivity contribution in [1.29, 1.82) is 0 Å². The summed E-state index contributed by atoms with van der Waals surface area (Å²) in [5, 5.41) is 3.49. The predicted octanol–water partition coefficient (Wildman–Crippen LogP) is 4.94. The van der Waals surface area contributed by atoms with Crippen molar-refractivity contribution in [1.82, 2.24) is 0 Å². The van der Waals surface area contributed by atoms with Crippen molar-refractivity contribution in [3.8, 4) is 0 Å². The summed E-state index contributed by atoms with van der Waals surface area (Å²) in [6.07, 6.45) is 3.59. The summed E-state index contributed by atoms with van der Waals surface area (Å²) < 4.78 is 5.82. The van der Waals surface area contributed by atoms with E-state index in [1.54, 1.807) is 18.2 Å². The molecule has 0 bridgehead atoms. The van der Waals surface area contributed by atoms with Gasteiger partial charge >= 0.3 is 0 Å². The van der Waals surface area contributed by atoms with E-state index >= 15 is 0 Å². The van der Waals surface area contributed by atoms with Gasteiger partial charge in [0, 0.05) is 18.1 Å². The number of hydrogen-bond donors (Lipinski definition) is 1. The number of benzene rings is 1. The number of hydrogen-bond acceptors (Lipinski definition) is 3. The highest BCUT2D eigenvalue weighted by Gasteiger charge is 2.18. The number of amides is 1. The van der Waals surface area contributed by atoms with E-state index in [1.807, 2.05) is 12.1 Å². The Morgan fingerprint density at radius 1 is 1.18 bits per heavy atom. The molecule has 3 rings (SSSR count). The van der Waals surface area contributed by atoms with Gasteiger partial charge < -0.3 is 14.6 Å². The molecule has 2 heterocycles. The highest BCUT2D eigenvalue weighted by molar-refractivity contribution is 9.10. The molecule has 2 aromatic rings. The van der Waals surface area contributed by atoms with Gasteiger partial charge in [0.25, 0.3) is 5.91 Å². The van der Waals surface area contributed by atoms with Crippen molar-refractivity contribution in [2.24, 2.45) is 0 Å². The molecular weight excluding hydrogens is 368 g/mol. The quantitative estimate of drug-likeness (QED) is 0.816. The van der Waals surface area contributed by atoms with Crippen LogP contribution in [0.25, 0.3) is 0 Å². The molecule has 0 spiro atoms. The van der Waals surface area contributed by atoms with Crippen LogP contribution in [0.15, 0.2) is 39.4 Å². The number of furan rings is 1. The van der Waals surface area contributed by atoms with Crippen molar-refractivity contribution in [2.75, 3.05) is 23.3 Å². The first-order valence-corrected chi connectivity index (χ1v) is 8.42. The molecule has 1 aromatic carbocycles. The van der Waals surface area contributed by atoms with Gasteiger partial charge in [-0.3, -0.25) is 4.79 Å². The number of carbonyl (C=O) groups is 1. The Morgan fingerprint density at radius 2 is 1.95 bits per heavy atom. The minimum Gasteiger partial charge on any atom is -0.444 e. The minimum atomic E-state index is -0.286. The fourth-order valence-electron chi connectivity index (χ4n) is 2.64. The van der Waals surface area contributed by atoms with Gasteiger partial charge in [0.05, 0.1) is 11.4 Å². The first-order chi connectivity index (χ1) is 10.6. The molecule has 1 saturated heterocycles. The number of halogens is 2. The number of anilines is 2. The molecule has 116 valence electrons. The van der Waals surface area contributed by atoms with Crippen LogP contribution in [0, 0.1) is 0 Å². The molecule has 1 fully saturated rings. The fraction of sp³-hybridized carbons (Fsp3) is 0.312. The molecule has 1 aliphatic heterocycles. The summed E-state index contributed by atoms with van der Waals surface area (Å²) in [6.45, 7) is 1.99. The van der Waals surface area contributed by atoms with Gasteiger partial charge in [-0.05, 0) is 65.5 Å². The van der Waals surface area contributed by atoms with E-state index < -0.39 is 0 Å². The Hall–Kier alpha value is -1.46. The second-order valence-electron chi connectivity index (χ2n) is 5.27. The fourth-order valence-corrected chi connectivity index (χ4v) is 3.12. The smallest absolute Gasteiger partial charge is 0.291 e. The topological polar surface area (TPSA) is 45.5 Å². The van der Waals surface area contributed by atoms with Crippen LogP contribution in [0.3, 0.4) is 0 Å². The van der Waals surface area contributed by atoms with Crippen LogP contribution < -0.4 is 10.2 Å². The van der Waals surface area contributed by atoms with E-state index in [4.69, 9.17) is 16.0 Å². The van der Waals surface area contributed by atoms with Crippen molar-refractivity contribution < 1.29 is 9.21 Å². The molecule has 0 unspecified atom stereocenters. The van der Waals surface area contributed by atoms with Gasteiger partial charge in [0.15, 0.2) is 10.4 Å². The molecule has 0 saturated carbocycles. The second kappa shape index (κ2) is 6.75. The molecular formula is C16H16BrClN2O2. The van der Waals surface area contributed by atoms with Crippen LogP contribution in [0.1, 0.15) is 29.8 Å². The molecule has 1 N–H and O–H groups in total. The lowest BCUT2D eigenvalue weighted by Crippen LogP contribution is -2.30. The van der Waals surface area contributed by atoms with Crippen LogP contribution in [0.4, 0.5) is 11.4 Å².